The largest absolute Gasteiger partial charge is 0.480 e. The first-order valence-corrected chi connectivity index (χ1v) is 11.6. The molecular formula is C22H17FN2O4S2. The molecule has 0 spiro atoms. The number of rotatable bonds is 6. The van der Waals surface area contributed by atoms with Crippen LogP contribution in [0.25, 0.3) is 10.4 Å². The van der Waals surface area contributed by atoms with E-state index in [1.54, 1.807) is 43.3 Å². The van der Waals surface area contributed by atoms with E-state index in [1.165, 1.54) is 18.2 Å². The lowest BCUT2D eigenvalue weighted by atomic mass is 9.93. The number of hydrogen-bond acceptors (Lipinski definition) is 5. The highest BCUT2D eigenvalue weighted by molar-refractivity contribution is 7.91. The molecule has 1 fully saturated rings. The van der Waals surface area contributed by atoms with Crippen LogP contribution < -0.4 is 4.72 Å². The van der Waals surface area contributed by atoms with Gasteiger partial charge in [0.25, 0.3) is 10.0 Å². The number of nitrogens with zero attached hydrogens (tertiary/aromatic N) is 1. The topological polar surface area (TPSA) is 107 Å². The number of nitrogens with one attached hydrogen (secondary N) is 1. The molecule has 2 aromatic carbocycles. The number of carboxylic acid groups (broad SMARTS) is 1. The van der Waals surface area contributed by atoms with E-state index in [9.17, 15) is 22.7 Å². The van der Waals surface area contributed by atoms with Crippen LogP contribution in [0.2, 0.25) is 0 Å². The van der Waals surface area contributed by atoms with Crippen molar-refractivity contribution in [2.45, 2.75) is 28.5 Å². The summed E-state index contributed by atoms with van der Waals surface area (Å²) in [4.78, 5) is 12.6. The normalized spacial score (nSPS) is 22.6. The molecule has 0 radical (unpaired) electrons. The summed E-state index contributed by atoms with van der Waals surface area (Å²) >= 11 is 0.919. The van der Waals surface area contributed by atoms with Crippen LogP contribution in [-0.4, -0.2) is 25.0 Å². The molecule has 2 N–H and O–H groups in total. The third-order valence-corrected chi connectivity index (χ3v) is 8.86. The summed E-state index contributed by atoms with van der Waals surface area (Å²) in [6.07, 6.45) is 0.125. The summed E-state index contributed by atoms with van der Waals surface area (Å²) < 4.78 is 42.0. The Morgan fingerprint density at radius 3 is 2.55 bits per heavy atom. The minimum atomic E-state index is -4.14. The Morgan fingerprint density at radius 1 is 1.19 bits per heavy atom. The smallest absolute Gasteiger partial charge is 0.325 e. The Kier molecular flexibility index (Phi) is 4.97. The molecule has 31 heavy (non-hydrogen) atoms. The van der Waals surface area contributed by atoms with Crippen molar-refractivity contribution >= 4 is 27.3 Å². The molecule has 0 bridgehead atoms. The number of sulfonamides is 1. The van der Waals surface area contributed by atoms with Gasteiger partial charge in [-0.05, 0) is 41.8 Å². The second-order valence-electron chi connectivity index (χ2n) is 7.62. The van der Waals surface area contributed by atoms with Crippen LogP contribution in [0.15, 0.2) is 64.9 Å². The average molecular weight is 457 g/mol. The van der Waals surface area contributed by atoms with Crippen LogP contribution in [0.5, 0.6) is 0 Å². The summed E-state index contributed by atoms with van der Waals surface area (Å²) in [5, 5.41) is 18.9. The highest BCUT2D eigenvalue weighted by Gasteiger charge is 2.72. The van der Waals surface area contributed by atoms with E-state index in [4.69, 9.17) is 5.26 Å². The molecule has 0 aliphatic heterocycles. The molecular weight excluding hydrogens is 439 g/mol. The predicted octanol–water partition coefficient (Wildman–Crippen LogP) is 3.89. The molecule has 1 saturated carbocycles. The lowest BCUT2D eigenvalue weighted by Gasteiger charge is -2.20. The van der Waals surface area contributed by atoms with Gasteiger partial charge in [0.15, 0.2) is 0 Å². The molecule has 4 rings (SSSR count). The van der Waals surface area contributed by atoms with Crippen molar-refractivity contribution in [3.8, 4) is 16.5 Å². The van der Waals surface area contributed by atoms with Gasteiger partial charge >= 0.3 is 5.97 Å². The SMILES string of the molecule is C[C@]1(c2ccccc2)C[C@@]1(NS(=O)(=O)c1ccc(-c2ccc(F)c(C#N)c2)s1)C(=O)O. The van der Waals surface area contributed by atoms with E-state index < -0.39 is 32.8 Å². The lowest BCUT2D eigenvalue weighted by molar-refractivity contribution is -0.140. The first kappa shape index (κ1) is 21.2. The molecule has 2 atom stereocenters. The molecule has 9 heteroatoms. The van der Waals surface area contributed by atoms with Crippen molar-refractivity contribution in [3.63, 3.8) is 0 Å². The number of benzene rings is 2. The Bertz CT molecular complexity index is 1330. The van der Waals surface area contributed by atoms with Crippen molar-refractivity contribution in [2.75, 3.05) is 0 Å². The van der Waals surface area contributed by atoms with Gasteiger partial charge in [0.1, 0.15) is 21.6 Å². The third-order valence-electron chi connectivity index (χ3n) is 5.74. The fourth-order valence-electron chi connectivity index (χ4n) is 3.81. The van der Waals surface area contributed by atoms with Gasteiger partial charge in [0.05, 0.1) is 5.56 Å². The Balaban J connectivity index is 1.66. The van der Waals surface area contributed by atoms with E-state index in [0.29, 0.717) is 10.4 Å². The fourth-order valence-corrected chi connectivity index (χ4v) is 6.57. The number of nitriles is 1. The highest BCUT2D eigenvalue weighted by atomic mass is 32.2. The van der Waals surface area contributed by atoms with E-state index in [2.05, 4.69) is 4.72 Å². The van der Waals surface area contributed by atoms with Crippen molar-refractivity contribution in [3.05, 3.63) is 77.6 Å². The molecule has 0 saturated heterocycles. The molecule has 0 unspecified atom stereocenters. The molecule has 0 amide bonds. The van der Waals surface area contributed by atoms with Crippen molar-refractivity contribution in [1.29, 1.82) is 5.26 Å². The maximum Gasteiger partial charge on any atom is 0.325 e. The third kappa shape index (κ3) is 3.43. The standard InChI is InChI=1S/C22H17FN2O4S2/c1-21(16-5-3-2-4-6-16)13-22(21,20(26)27)25-31(28,29)19-10-9-18(30-19)14-7-8-17(23)15(11-14)12-24/h2-11,25H,13H2,1H3,(H,26,27)/t21-,22-/m1/s1. The zero-order valence-electron chi connectivity index (χ0n) is 16.3. The van der Waals surface area contributed by atoms with Crippen molar-refractivity contribution < 1.29 is 22.7 Å². The molecule has 6 nitrogen and oxygen atoms in total. The number of hydrogen-bond donors (Lipinski definition) is 2. The molecule has 1 aliphatic carbocycles. The summed E-state index contributed by atoms with van der Waals surface area (Å²) in [6.45, 7) is 1.72. The molecule has 1 aliphatic rings. The Hall–Kier alpha value is -3.06. The van der Waals surface area contributed by atoms with Crippen LogP contribution in [0, 0.1) is 17.1 Å². The van der Waals surface area contributed by atoms with Gasteiger partial charge in [-0.3, -0.25) is 4.79 Å². The fraction of sp³-hybridized carbons (Fsp3) is 0.182. The maximum atomic E-state index is 13.6. The van der Waals surface area contributed by atoms with Gasteiger partial charge in [0.2, 0.25) is 0 Å². The number of aliphatic carboxylic acids is 1. The summed E-state index contributed by atoms with van der Waals surface area (Å²) in [5.74, 6) is -1.90. The van der Waals surface area contributed by atoms with E-state index in [-0.39, 0.29) is 16.2 Å². The second-order valence-corrected chi connectivity index (χ2v) is 10.6. The van der Waals surface area contributed by atoms with Crippen LogP contribution in [0.4, 0.5) is 4.39 Å². The quantitative estimate of drug-likeness (QED) is 0.585. The number of carbonyl (C=O) groups is 1. The first-order chi connectivity index (χ1) is 14.6. The Morgan fingerprint density at radius 2 is 1.90 bits per heavy atom. The van der Waals surface area contributed by atoms with Gasteiger partial charge in [0, 0.05) is 10.3 Å². The van der Waals surface area contributed by atoms with Gasteiger partial charge in [-0.2, -0.15) is 9.98 Å². The maximum absolute atomic E-state index is 13.6. The van der Waals surface area contributed by atoms with Gasteiger partial charge in [-0.1, -0.05) is 43.3 Å². The van der Waals surface area contributed by atoms with E-state index >= 15 is 0 Å². The summed E-state index contributed by atoms with van der Waals surface area (Å²) in [7, 11) is -4.14. The zero-order valence-corrected chi connectivity index (χ0v) is 17.9. The van der Waals surface area contributed by atoms with Gasteiger partial charge in [-0.25, -0.2) is 12.8 Å². The van der Waals surface area contributed by atoms with Crippen molar-refractivity contribution in [1.82, 2.24) is 4.72 Å². The minimum absolute atomic E-state index is 0.0618. The van der Waals surface area contributed by atoms with Gasteiger partial charge < -0.3 is 5.11 Å². The second kappa shape index (κ2) is 7.27. The highest BCUT2D eigenvalue weighted by Crippen LogP contribution is 2.58. The van der Waals surface area contributed by atoms with E-state index in [0.717, 1.165) is 23.0 Å². The van der Waals surface area contributed by atoms with E-state index in [1.807, 2.05) is 6.07 Å². The Labute approximate surface area is 182 Å². The zero-order chi connectivity index (χ0) is 22.4. The lowest BCUT2D eigenvalue weighted by Crippen LogP contribution is -2.47. The van der Waals surface area contributed by atoms with Gasteiger partial charge in [-0.15, -0.1) is 11.3 Å². The number of carboxylic acids is 1. The minimum Gasteiger partial charge on any atom is -0.480 e. The first-order valence-electron chi connectivity index (χ1n) is 9.26. The average Bonchev–Trinajstić information content (AvgIpc) is 3.11. The van der Waals surface area contributed by atoms with Crippen molar-refractivity contribution in [2.24, 2.45) is 0 Å². The van der Waals surface area contributed by atoms with Crippen LogP contribution in [-0.2, 0) is 20.2 Å². The molecule has 3 aromatic rings. The number of thiophene rings is 1. The molecule has 158 valence electrons. The van der Waals surface area contributed by atoms with Crippen LogP contribution in [0.1, 0.15) is 24.5 Å². The monoisotopic (exact) mass is 456 g/mol. The predicted molar refractivity (Wildman–Crippen MR) is 114 cm³/mol. The summed E-state index contributed by atoms with van der Waals surface area (Å²) in [6, 6.07) is 17.6. The molecule has 1 aromatic heterocycles. The van der Waals surface area contributed by atoms with Crippen LogP contribution >= 0.6 is 11.3 Å². The van der Waals surface area contributed by atoms with Crippen LogP contribution in [0.3, 0.4) is 0 Å². The molecule has 1 heterocycles. The summed E-state index contributed by atoms with van der Waals surface area (Å²) in [5.41, 5.74) is -1.44. The number of halogens is 1.